The minimum absolute atomic E-state index is 0.0217. The molecular formula is C18H22N4O2. The Morgan fingerprint density at radius 2 is 1.96 bits per heavy atom. The first kappa shape index (κ1) is 15.2. The van der Waals surface area contributed by atoms with Crippen molar-refractivity contribution in [3.63, 3.8) is 0 Å². The number of aromatic hydroxyl groups is 1. The van der Waals surface area contributed by atoms with Crippen molar-refractivity contribution in [1.82, 2.24) is 20.0 Å². The van der Waals surface area contributed by atoms with Gasteiger partial charge in [0.1, 0.15) is 11.4 Å². The predicted octanol–water partition coefficient (Wildman–Crippen LogP) is 2.09. The van der Waals surface area contributed by atoms with Crippen LogP contribution in [0.2, 0.25) is 0 Å². The molecule has 126 valence electrons. The Balaban J connectivity index is 1.52. The summed E-state index contributed by atoms with van der Waals surface area (Å²) in [6, 6.07) is 9.70. The van der Waals surface area contributed by atoms with Gasteiger partial charge in [-0.15, -0.1) is 0 Å². The van der Waals surface area contributed by atoms with Crippen molar-refractivity contribution in [2.45, 2.75) is 31.3 Å². The second kappa shape index (κ2) is 5.94. The quantitative estimate of drug-likeness (QED) is 0.886. The van der Waals surface area contributed by atoms with Gasteiger partial charge in [0.15, 0.2) is 0 Å². The van der Waals surface area contributed by atoms with Crippen molar-refractivity contribution in [2.24, 2.45) is 0 Å². The highest BCUT2D eigenvalue weighted by Gasteiger charge is 2.36. The lowest BCUT2D eigenvalue weighted by atomic mass is 10.1. The maximum atomic E-state index is 12.8. The number of H-pyrrole nitrogens is 1. The van der Waals surface area contributed by atoms with Crippen LogP contribution in [0.4, 0.5) is 0 Å². The molecule has 0 aliphatic carbocycles. The van der Waals surface area contributed by atoms with Crippen molar-refractivity contribution in [3.8, 4) is 17.0 Å². The monoisotopic (exact) mass is 326 g/mol. The fraction of sp³-hybridized carbons (Fsp3) is 0.444. The third-order valence-corrected chi connectivity index (χ3v) is 5.41. The van der Waals surface area contributed by atoms with Gasteiger partial charge in [0, 0.05) is 30.7 Å². The summed E-state index contributed by atoms with van der Waals surface area (Å²) < 4.78 is 0. The first-order valence-corrected chi connectivity index (χ1v) is 8.48. The predicted molar refractivity (Wildman–Crippen MR) is 90.8 cm³/mol. The molecule has 6 heteroatoms. The highest BCUT2D eigenvalue weighted by Crippen LogP contribution is 2.29. The first-order chi connectivity index (χ1) is 11.6. The molecule has 0 spiro atoms. The average Bonchev–Trinajstić information content (AvgIpc) is 3.13. The zero-order chi connectivity index (χ0) is 16.7. The summed E-state index contributed by atoms with van der Waals surface area (Å²) in [6.45, 7) is 1.59. The number of carbonyl (C=O) groups is 1. The van der Waals surface area contributed by atoms with Gasteiger partial charge in [-0.05, 0) is 56.6 Å². The van der Waals surface area contributed by atoms with Crippen LogP contribution in [0.25, 0.3) is 11.3 Å². The molecule has 2 saturated heterocycles. The number of amides is 1. The van der Waals surface area contributed by atoms with E-state index in [4.69, 9.17) is 0 Å². The highest BCUT2D eigenvalue weighted by atomic mass is 16.3. The molecule has 2 bridgehead atoms. The van der Waals surface area contributed by atoms with E-state index in [1.165, 1.54) is 12.8 Å². The van der Waals surface area contributed by atoms with Crippen LogP contribution in [0.1, 0.15) is 29.8 Å². The minimum Gasteiger partial charge on any atom is -0.508 e. The van der Waals surface area contributed by atoms with Gasteiger partial charge in [-0.3, -0.25) is 14.8 Å². The van der Waals surface area contributed by atoms with E-state index in [0.29, 0.717) is 23.5 Å². The van der Waals surface area contributed by atoms with Crippen LogP contribution >= 0.6 is 0 Å². The Labute approximate surface area is 141 Å². The summed E-state index contributed by atoms with van der Waals surface area (Å²) in [5, 5.41) is 16.5. The van der Waals surface area contributed by atoms with Crippen LogP contribution in [-0.4, -0.2) is 63.2 Å². The van der Waals surface area contributed by atoms with Crippen molar-refractivity contribution in [2.75, 3.05) is 20.1 Å². The molecule has 1 aromatic heterocycles. The Hall–Kier alpha value is -2.34. The second-order valence-electron chi connectivity index (χ2n) is 6.80. The lowest BCUT2D eigenvalue weighted by Gasteiger charge is -2.25. The Bertz CT molecular complexity index is 740. The van der Waals surface area contributed by atoms with Gasteiger partial charge in [0.05, 0.1) is 5.69 Å². The largest absolute Gasteiger partial charge is 0.508 e. The van der Waals surface area contributed by atoms with Gasteiger partial charge in [-0.2, -0.15) is 5.10 Å². The van der Waals surface area contributed by atoms with Crippen LogP contribution in [0.5, 0.6) is 5.75 Å². The molecule has 4 rings (SSSR count). The summed E-state index contributed by atoms with van der Waals surface area (Å²) in [5.74, 6) is 0.239. The van der Waals surface area contributed by atoms with Crippen molar-refractivity contribution in [3.05, 3.63) is 36.0 Å². The van der Waals surface area contributed by atoms with E-state index in [0.717, 1.165) is 25.1 Å². The van der Waals surface area contributed by atoms with Crippen LogP contribution < -0.4 is 0 Å². The number of likely N-dealkylation sites (tertiary alicyclic amines) is 1. The maximum absolute atomic E-state index is 12.8. The van der Waals surface area contributed by atoms with E-state index in [2.05, 4.69) is 22.1 Å². The van der Waals surface area contributed by atoms with Gasteiger partial charge in [0.25, 0.3) is 5.91 Å². The average molecular weight is 326 g/mol. The van der Waals surface area contributed by atoms with E-state index in [-0.39, 0.29) is 11.7 Å². The number of hydrogen-bond acceptors (Lipinski definition) is 4. The van der Waals surface area contributed by atoms with E-state index in [1.807, 2.05) is 4.90 Å². The molecule has 1 amide bonds. The molecule has 2 aliphatic rings. The van der Waals surface area contributed by atoms with Gasteiger partial charge in [-0.25, -0.2) is 0 Å². The fourth-order valence-corrected chi connectivity index (χ4v) is 3.87. The molecule has 2 atom stereocenters. The minimum atomic E-state index is 0.0217. The Morgan fingerprint density at radius 3 is 2.75 bits per heavy atom. The number of fused-ring (bicyclic) bond motifs is 2. The maximum Gasteiger partial charge on any atom is 0.271 e. The number of aromatic nitrogens is 2. The van der Waals surface area contributed by atoms with Crippen LogP contribution in [0.3, 0.4) is 0 Å². The van der Waals surface area contributed by atoms with E-state index in [1.54, 1.807) is 30.3 Å². The van der Waals surface area contributed by atoms with E-state index < -0.39 is 0 Å². The van der Waals surface area contributed by atoms with Gasteiger partial charge < -0.3 is 10.0 Å². The molecule has 0 unspecified atom stereocenters. The molecule has 2 aromatic rings. The number of likely N-dealkylation sites (N-methyl/N-ethyl adjacent to an activating group) is 1. The molecule has 0 radical (unpaired) electrons. The van der Waals surface area contributed by atoms with Crippen molar-refractivity contribution >= 4 is 5.91 Å². The topological polar surface area (TPSA) is 72.5 Å². The molecular weight excluding hydrogens is 304 g/mol. The summed E-state index contributed by atoms with van der Waals surface area (Å²) in [4.78, 5) is 17.2. The van der Waals surface area contributed by atoms with Crippen LogP contribution in [0.15, 0.2) is 30.3 Å². The summed E-state index contributed by atoms with van der Waals surface area (Å²) >= 11 is 0. The number of nitrogens with one attached hydrogen (secondary N) is 1. The number of phenolic OH excluding ortho intramolecular Hbond substituents is 1. The molecule has 3 heterocycles. The third kappa shape index (κ3) is 2.67. The Morgan fingerprint density at radius 1 is 1.21 bits per heavy atom. The molecule has 2 fully saturated rings. The fourth-order valence-electron chi connectivity index (χ4n) is 3.87. The lowest BCUT2D eigenvalue weighted by molar-refractivity contribution is 0.0734. The summed E-state index contributed by atoms with van der Waals surface area (Å²) in [5.41, 5.74) is 2.11. The Kier molecular flexibility index (Phi) is 3.76. The van der Waals surface area contributed by atoms with Crippen LogP contribution in [0, 0.1) is 0 Å². The van der Waals surface area contributed by atoms with E-state index >= 15 is 0 Å². The number of aromatic amines is 1. The molecule has 0 saturated carbocycles. The number of benzene rings is 1. The number of phenols is 1. The van der Waals surface area contributed by atoms with Crippen molar-refractivity contribution < 1.29 is 9.90 Å². The highest BCUT2D eigenvalue weighted by molar-refractivity contribution is 5.93. The van der Waals surface area contributed by atoms with Gasteiger partial charge in [-0.1, -0.05) is 0 Å². The second-order valence-corrected chi connectivity index (χ2v) is 6.80. The normalized spacial score (nSPS) is 24.1. The van der Waals surface area contributed by atoms with Gasteiger partial charge in [0.2, 0.25) is 0 Å². The molecule has 1 aromatic carbocycles. The van der Waals surface area contributed by atoms with Gasteiger partial charge >= 0.3 is 0 Å². The SMILES string of the molecule is CN1[C@H]2CC[C@@H]1CN(C(=O)c1cc(-c3ccc(O)cc3)n[nH]1)CC2. The van der Waals surface area contributed by atoms with E-state index in [9.17, 15) is 9.90 Å². The van der Waals surface area contributed by atoms with Crippen LogP contribution in [-0.2, 0) is 0 Å². The summed E-state index contributed by atoms with van der Waals surface area (Å²) in [7, 11) is 2.18. The molecule has 2 N–H and O–H groups in total. The van der Waals surface area contributed by atoms with Crippen molar-refractivity contribution in [1.29, 1.82) is 0 Å². The third-order valence-electron chi connectivity index (χ3n) is 5.41. The summed E-state index contributed by atoms with van der Waals surface area (Å²) in [6.07, 6.45) is 3.46. The number of hydrogen-bond donors (Lipinski definition) is 2. The number of carbonyl (C=O) groups excluding carboxylic acids is 1. The molecule has 2 aliphatic heterocycles. The zero-order valence-electron chi connectivity index (χ0n) is 13.8. The smallest absolute Gasteiger partial charge is 0.271 e. The first-order valence-electron chi connectivity index (χ1n) is 8.48. The molecule has 24 heavy (non-hydrogen) atoms. The standard InChI is InChI=1S/C18H22N4O2/c1-21-13-4-5-14(21)11-22(9-8-13)18(24)17-10-16(19-20-17)12-2-6-15(23)7-3-12/h2-3,6-7,10,13-14,23H,4-5,8-9,11H2,1H3,(H,19,20)/t13-,14+/m0/s1. The number of rotatable bonds is 2. The number of nitrogens with zero attached hydrogens (tertiary/aromatic N) is 3. The zero-order valence-corrected chi connectivity index (χ0v) is 13.8. The molecule has 6 nitrogen and oxygen atoms in total. The lowest BCUT2D eigenvalue weighted by Crippen LogP contribution is -2.39.